The fourth-order valence-electron chi connectivity index (χ4n) is 2.50. The minimum atomic E-state index is -0.313. The molecule has 0 aliphatic carbocycles. The zero-order valence-electron chi connectivity index (χ0n) is 13.7. The van der Waals surface area contributed by atoms with Gasteiger partial charge in [0.05, 0.1) is 18.7 Å². The molecule has 5 nitrogen and oxygen atoms in total. The van der Waals surface area contributed by atoms with E-state index in [-0.39, 0.29) is 11.9 Å². The number of ether oxygens (including phenoxy) is 1. The van der Waals surface area contributed by atoms with E-state index in [1.54, 1.807) is 18.3 Å². The predicted molar refractivity (Wildman–Crippen MR) is 90.7 cm³/mol. The first-order valence-electron chi connectivity index (χ1n) is 7.67. The first kappa shape index (κ1) is 17.3. The van der Waals surface area contributed by atoms with Crippen LogP contribution < -0.4 is 5.32 Å². The molecule has 1 amide bonds. The molecule has 0 spiro atoms. The van der Waals surface area contributed by atoms with Crippen molar-refractivity contribution in [2.45, 2.75) is 40.2 Å². The minimum absolute atomic E-state index is 0.00253. The van der Waals surface area contributed by atoms with Crippen LogP contribution in [0.4, 0.5) is 0 Å². The predicted octanol–water partition coefficient (Wildman–Crippen LogP) is 3.12. The van der Waals surface area contributed by atoms with E-state index in [1.807, 2.05) is 31.4 Å². The Morgan fingerprint density at radius 1 is 1.35 bits per heavy atom. The molecule has 2 aromatic rings. The summed E-state index contributed by atoms with van der Waals surface area (Å²) in [6.45, 7) is 6.43. The molecule has 0 unspecified atom stereocenters. The molecular weight excluding hydrogens is 312 g/mol. The molecule has 0 atom stereocenters. The maximum Gasteiger partial charge on any atom is 0.340 e. The average Bonchev–Trinajstić information content (AvgIpc) is 3.11. The zero-order chi connectivity index (χ0) is 16.8. The second-order valence-electron chi connectivity index (χ2n) is 5.31. The van der Waals surface area contributed by atoms with Gasteiger partial charge in [-0.1, -0.05) is 6.07 Å². The van der Waals surface area contributed by atoms with Gasteiger partial charge in [0.25, 0.3) is 0 Å². The summed E-state index contributed by atoms with van der Waals surface area (Å²) in [5.74, 6) is -0.310. The number of aromatic amines is 1. The number of nitrogens with one attached hydrogen (secondary N) is 2. The van der Waals surface area contributed by atoms with Crippen molar-refractivity contribution in [3.8, 4) is 0 Å². The molecule has 0 radical (unpaired) electrons. The van der Waals surface area contributed by atoms with Gasteiger partial charge in [-0.15, -0.1) is 11.3 Å². The minimum Gasteiger partial charge on any atom is -0.462 e. The number of aromatic nitrogens is 1. The Balaban J connectivity index is 1.91. The van der Waals surface area contributed by atoms with Crippen LogP contribution in [-0.4, -0.2) is 23.5 Å². The van der Waals surface area contributed by atoms with E-state index in [0.29, 0.717) is 31.6 Å². The van der Waals surface area contributed by atoms with Crippen LogP contribution in [0.2, 0.25) is 0 Å². The number of H-pyrrole nitrogens is 1. The van der Waals surface area contributed by atoms with Crippen LogP contribution in [0, 0.1) is 13.8 Å². The lowest BCUT2D eigenvalue weighted by Gasteiger charge is -2.04. The number of amides is 1. The monoisotopic (exact) mass is 334 g/mol. The van der Waals surface area contributed by atoms with Gasteiger partial charge < -0.3 is 15.0 Å². The van der Waals surface area contributed by atoms with Crippen molar-refractivity contribution in [1.82, 2.24) is 10.3 Å². The summed E-state index contributed by atoms with van der Waals surface area (Å²) in [5.41, 5.74) is 3.15. The SMILES string of the molecule is CCOC(=O)c1c(C)[nH]c(CCC(=O)NCc2cccs2)c1C. The van der Waals surface area contributed by atoms with Crippen molar-refractivity contribution in [3.63, 3.8) is 0 Å². The van der Waals surface area contributed by atoms with Gasteiger partial charge >= 0.3 is 5.97 Å². The van der Waals surface area contributed by atoms with Crippen molar-refractivity contribution < 1.29 is 14.3 Å². The topological polar surface area (TPSA) is 71.2 Å². The smallest absolute Gasteiger partial charge is 0.340 e. The van der Waals surface area contributed by atoms with Crippen molar-refractivity contribution in [2.75, 3.05) is 6.61 Å². The molecule has 6 heteroatoms. The van der Waals surface area contributed by atoms with Crippen LogP contribution in [-0.2, 0) is 22.5 Å². The second-order valence-corrected chi connectivity index (χ2v) is 6.34. The summed E-state index contributed by atoms with van der Waals surface area (Å²) in [6.07, 6.45) is 0.955. The Labute approximate surface area is 140 Å². The Kier molecular flexibility index (Phi) is 5.98. The average molecular weight is 334 g/mol. The highest BCUT2D eigenvalue weighted by molar-refractivity contribution is 7.09. The van der Waals surface area contributed by atoms with Gasteiger partial charge in [-0.2, -0.15) is 0 Å². The van der Waals surface area contributed by atoms with Gasteiger partial charge in [-0.05, 0) is 44.2 Å². The highest BCUT2D eigenvalue weighted by Crippen LogP contribution is 2.20. The third-order valence-electron chi connectivity index (χ3n) is 3.66. The number of rotatable bonds is 7. The fourth-order valence-corrected chi connectivity index (χ4v) is 3.14. The zero-order valence-corrected chi connectivity index (χ0v) is 14.5. The lowest BCUT2D eigenvalue weighted by molar-refractivity contribution is -0.121. The summed E-state index contributed by atoms with van der Waals surface area (Å²) in [7, 11) is 0. The van der Waals surface area contributed by atoms with Crippen molar-refractivity contribution in [1.29, 1.82) is 0 Å². The maximum atomic E-state index is 12.0. The maximum absolute atomic E-state index is 12.0. The Morgan fingerprint density at radius 3 is 2.78 bits per heavy atom. The van der Waals surface area contributed by atoms with E-state index in [0.717, 1.165) is 21.8 Å². The molecular formula is C17H22N2O3S. The van der Waals surface area contributed by atoms with Crippen LogP contribution in [0.25, 0.3) is 0 Å². The van der Waals surface area contributed by atoms with Gasteiger partial charge in [-0.25, -0.2) is 4.79 Å². The molecule has 0 aliphatic heterocycles. The molecule has 23 heavy (non-hydrogen) atoms. The van der Waals surface area contributed by atoms with Crippen LogP contribution >= 0.6 is 11.3 Å². The summed E-state index contributed by atoms with van der Waals surface area (Å²) < 4.78 is 5.07. The van der Waals surface area contributed by atoms with E-state index in [1.165, 1.54) is 0 Å². The summed E-state index contributed by atoms with van der Waals surface area (Å²) >= 11 is 1.62. The van der Waals surface area contributed by atoms with E-state index in [4.69, 9.17) is 4.74 Å². The van der Waals surface area contributed by atoms with Gasteiger partial charge in [-0.3, -0.25) is 4.79 Å². The van der Waals surface area contributed by atoms with Crippen LogP contribution in [0.5, 0.6) is 0 Å². The van der Waals surface area contributed by atoms with Gasteiger partial charge in [0.15, 0.2) is 0 Å². The summed E-state index contributed by atoms with van der Waals surface area (Å²) in [5, 5.41) is 4.89. The number of carbonyl (C=O) groups excluding carboxylic acids is 2. The van der Waals surface area contributed by atoms with E-state index >= 15 is 0 Å². The van der Waals surface area contributed by atoms with Gasteiger partial charge in [0.2, 0.25) is 5.91 Å². The van der Waals surface area contributed by atoms with Gasteiger partial charge in [0.1, 0.15) is 0 Å². The van der Waals surface area contributed by atoms with Crippen LogP contribution in [0.1, 0.15) is 45.5 Å². The number of esters is 1. The Bertz CT molecular complexity index is 674. The molecule has 0 aliphatic rings. The highest BCUT2D eigenvalue weighted by Gasteiger charge is 2.19. The lowest BCUT2D eigenvalue weighted by Crippen LogP contribution is -2.22. The number of aryl methyl sites for hydroxylation is 2. The third-order valence-corrected chi connectivity index (χ3v) is 4.54. The van der Waals surface area contributed by atoms with Crippen molar-refractivity contribution >= 4 is 23.2 Å². The number of thiophene rings is 1. The highest BCUT2D eigenvalue weighted by atomic mass is 32.1. The molecule has 0 fully saturated rings. The fraction of sp³-hybridized carbons (Fsp3) is 0.412. The molecule has 0 aromatic carbocycles. The first-order chi connectivity index (χ1) is 11.0. The molecule has 0 bridgehead atoms. The summed E-state index contributed by atoms with van der Waals surface area (Å²) in [6, 6.07) is 3.96. The Hall–Kier alpha value is -2.08. The molecule has 0 saturated heterocycles. The molecule has 2 rings (SSSR count). The third kappa shape index (κ3) is 4.45. The number of carbonyl (C=O) groups is 2. The number of hydrogen-bond acceptors (Lipinski definition) is 4. The standard InChI is InChI=1S/C17H22N2O3S/c1-4-22-17(21)16-11(2)14(19-12(16)3)7-8-15(20)18-10-13-6-5-9-23-13/h5-6,9,19H,4,7-8,10H2,1-3H3,(H,18,20). The van der Waals surface area contributed by atoms with E-state index in [9.17, 15) is 9.59 Å². The normalized spacial score (nSPS) is 10.6. The largest absolute Gasteiger partial charge is 0.462 e. The van der Waals surface area contributed by atoms with Crippen molar-refractivity contribution in [2.24, 2.45) is 0 Å². The molecule has 124 valence electrons. The Morgan fingerprint density at radius 2 is 2.13 bits per heavy atom. The van der Waals surface area contributed by atoms with Crippen LogP contribution in [0.15, 0.2) is 17.5 Å². The van der Waals surface area contributed by atoms with Gasteiger partial charge in [0, 0.05) is 22.7 Å². The molecule has 0 saturated carbocycles. The second kappa shape index (κ2) is 7.97. The first-order valence-corrected chi connectivity index (χ1v) is 8.55. The molecule has 2 aromatic heterocycles. The number of hydrogen-bond donors (Lipinski definition) is 2. The lowest BCUT2D eigenvalue weighted by atomic mass is 10.1. The van der Waals surface area contributed by atoms with Crippen molar-refractivity contribution in [3.05, 3.63) is 44.9 Å². The van der Waals surface area contributed by atoms with E-state index in [2.05, 4.69) is 10.3 Å². The molecule has 2 N–H and O–H groups in total. The summed E-state index contributed by atoms with van der Waals surface area (Å²) in [4.78, 5) is 28.2. The molecule has 2 heterocycles. The quantitative estimate of drug-likeness (QED) is 0.764. The van der Waals surface area contributed by atoms with Crippen LogP contribution in [0.3, 0.4) is 0 Å². The van der Waals surface area contributed by atoms with E-state index < -0.39 is 0 Å².